The minimum absolute atomic E-state index is 0.0485. The molecular weight excluding hydrogens is 280 g/mol. The first kappa shape index (κ1) is 14.3. The Morgan fingerprint density at radius 1 is 1.05 bits per heavy atom. The summed E-state index contributed by atoms with van der Waals surface area (Å²) in [5, 5.41) is 8.93. The van der Waals surface area contributed by atoms with Gasteiger partial charge in [0.25, 0.3) is 0 Å². The Kier molecular flexibility index (Phi) is 4.16. The fourth-order valence-corrected chi connectivity index (χ4v) is 2.33. The van der Waals surface area contributed by atoms with Crippen molar-refractivity contribution in [2.75, 3.05) is 20.3 Å². The molecule has 2 aromatic heterocycles. The van der Waals surface area contributed by atoms with Gasteiger partial charge in [-0.25, -0.2) is 0 Å². The number of aliphatic hydroxyl groups excluding tert-OH is 1. The Morgan fingerprint density at radius 2 is 1.95 bits per heavy atom. The fourth-order valence-electron chi connectivity index (χ4n) is 2.33. The second-order valence-electron chi connectivity index (χ2n) is 4.67. The zero-order valence-corrected chi connectivity index (χ0v) is 12.2. The van der Waals surface area contributed by atoms with Crippen LogP contribution in [0.2, 0.25) is 0 Å². The number of benzene rings is 1. The van der Waals surface area contributed by atoms with Crippen LogP contribution in [0, 0.1) is 0 Å². The quantitative estimate of drug-likeness (QED) is 0.784. The summed E-state index contributed by atoms with van der Waals surface area (Å²) < 4.78 is 10.8. The van der Waals surface area contributed by atoms with Gasteiger partial charge >= 0.3 is 0 Å². The van der Waals surface area contributed by atoms with Crippen LogP contribution in [0.1, 0.15) is 0 Å². The van der Waals surface area contributed by atoms with E-state index in [-0.39, 0.29) is 13.2 Å². The molecule has 1 aromatic carbocycles. The molecule has 0 aliphatic heterocycles. The van der Waals surface area contributed by atoms with Gasteiger partial charge in [-0.1, -0.05) is 6.07 Å². The fraction of sp³-hybridized carbons (Fsp3) is 0.176. The van der Waals surface area contributed by atoms with Crippen LogP contribution in [-0.4, -0.2) is 35.4 Å². The van der Waals surface area contributed by atoms with Crippen molar-refractivity contribution in [3.05, 3.63) is 48.8 Å². The topological polar surface area (TPSA) is 64.5 Å². The smallest absolute Gasteiger partial charge is 0.161 e. The second kappa shape index (κ2) is 6.41. The summed E-state index contributed by atoms with van der Waals surface area (Å²) in [4.78, 5) is 8.74. The standard InChI is InChI=1S/C17H16N2O3/c1-21-15-5-4-12(11-16(15)22-10-9-20)13-6-8-18-14-3-2-7-19-17(13)14/h2-8,11,20H,9-10H2,1H3. The van der Waals surface area contributed by atoms with Gasteiger partial charge < -0.3 is 14.6 Å². The SMILES string of the molecule is COc1ccc(-c2ccnc3cccnc23)cc1OCCO. The number of rotatable bonds is 5. The molecule has 1 N–H and O–H groups in total. The zero-order valence-electron chi connectivity index (χ0n) is 12.2. The van der Waals surface area contributed by atoms with Gasteiger partial charge in [0.1, 0.15) is 6.61 Å². The first-order chi connectivity index (χ1) is 10.8. The van der Waals surface area contributed by atoms with Crippen molar-refractivity contribution in [3.8, 4) is 22.6 Å². The van der Waals surface area contributed by atoms with Crippen LogP contribution in [0.4, 0.5) is 0 Å². The van der Waals surface area contributed by atoms with Gasteiger partial charge in [-0.3, -0.25) is 9.97 Å². The third-order valence-electron chi connectivity index (χ3n) is 3.32. The number of aromatic nitrogens is 2. The molecule has 5 nitrogen and oxygen atoms in total. The molecule has 0 unspecified atom stereocenters. The molecule has 0 spiro atoms. The van der Waals surface area contributed by atoms with Gasteiger partial charge in [0.15, 0.2) is 11.5 Å². The van der Waals surface area contributed by atoms with E-state index in [0.29, 0.717) is 11.5 Å². The van der Waals surface area contributed by atoms with Crippen LogP contribution in [0.25, 0.3) is 22.2 Å². The first-order valence-electron chi connectivity index (χ1n) is 6.95. The summed E-state index contributed by atoms with van der Waals surface area (Å²) in [7, 11) is 1.59. The molecule has 0 aliphatic rings. The molecule has 0 saturated carbocycles. The average Bonchev–Trinajstić information content (AvgIpc) is 2.59. The summed E-state index contributed by atoms with van der Waals surface area (Å²) in [5.41, 5.74) is 3.61. The molecule has 3 rings (SSSR count). The Balaban J connectivity index is 2.10. The molecule has 3 aromatic rings. The van der Waals surface area contributed by atoms with Crippen LogP contribution in [0.5, 0.6) is 11.5 Å². The van der Waals surface area contributed by atoms with Crippen molar-refractivity contribution in [1.82, 2.24) is 9.97 Å². The molecule has 0 saturated heterocycles. The van der Waals surface area contributed by atoms with E-state index in [1.165, 1.54) is 0 Å². The largest absolute Gasteiger partial charge is 0.493 e. The molecule has 2 heterocycles. The highest BCUT2D eigenvalue weighted by atomic mass is 16.5. The summed E-state index contributed by atoms with van der Waals surface area (Å²) in [5.74, 6) is 1.22. The summed E-state index contributed by atoms with van der Waals surface area (Å²) >= 11 is 0. The Labute approximate surface area is 128 Å². The van der Waals surface area contributed by atoms with E-state index in [1.54, 1.807) is 19.5 Å². The Hall–Kier alpha value is -2.66. The van der Waals surface area contributed by atoms with Crippen molar-refractivity contribution in [2.24, 2.45) is 0 Å². The molecule has 0 bridgehead atoms. The minimum Gasteiger partial charge on any atom is -0.493 e. The van der Waals surface area contributed by atoms with Gasteiger partial charge in [-0.15, -0.1) is 0 Å². The minimum atomic E-state index is -0.0485. The lowest BCUT2D eigenvalue weighted by Crippen LogP contribution is -2.03. The van der Waals surface area contributed by atoms with E-state index in [0.717, 1.165) is 22.2 Å². The molecule has 0 fully saturated rings. The number of fused-ring (bicyclic) bond motifs is 1. The average molecular weight is 296 g/mol. The van der Waals surface area contributed by atoms with Gasteiger partial charge in [0, 0.05) is 18.0 Å². The highest BCUT2D eigenvalue weighted by Crippen LogP contribution is 2.34. The van der Waals surface area contributed by atoms with E-state index in [1.807, 2.05) is 36.4 Å². The number of methoxy groups -OCH3 is 1. The van der Waals surface area contributed by atoms with Crippen molar-refractivity contribution < 1.29 is 14.6 Å². The lowest BCUT2D eigenvalue weighted by atomic mass is 10.0. The lowest BCUT2D eigenvalue weighted by molar-refractivity contribution is 0.196. The monoisotopic (exact) mass is 296 g/mol. The second-order valence-corrected chi connectivity index (χ2v) is 4.67. The number of pyridine rings is 2. The van der Waals surface area contributed by atoms with Gasteiger partial charge in [0.2, 0.25) is 0 Å². The lowest BCUT2D eigenvalue weighted by Gasteiger charge is -2.12. The van der Waals surface area contributed by atoms with Gasteiger partial charge in [0.05, 0.1) is 24.8 Å². The van der Waals surface area contributed by atoms with Gasteiger partial charge in [-0.2, -0.15) is 0 Å². The van der Waals surface area contributed by atoms with E-state index in [9.17, 15) is 0 Å². The third kappa shape index (κ3) is 2.71. The van der Waals surface area contributed by atoms with Crippen LogP contribution in [0.3, 0.4) is 0 Å². The van der Waals surface area contributed by atoms with E-state index in [4.69, 9.17) is 14.6 Å². The van der Waals surface area contributed by atoms with Crippen LogP contribution >= 0.6 is 0 Å². The van der Waals surface area contributed by atoms with Crippen LogP contribution < -0.4 is 9.47 Å². The normalized spacial score (nSPS) is 10.6. The maximum Gasteiger partial charge on any atom is 0.161 e. The number of hydrogen-bond acceptors (Lipinski definition) is 5. The molecule has 0 aliphatic carbocycles. The van der Waals surface area contributed by atoms with E-state index < -0.39 is 0 Å². The Morgan fingerprint density at radius 3 is 2.77 bits per heavy atom. The number of hydrogen-bond donors (Lipinski definition) is 1. The highest BCUT2D eigenvalue weighted by molar-refractivity contribution is 5.91. The molecular formula is C17H16N2O3. The molecule has 22 heavy (non-hydrogen) atoms. The number of ether oxygens (including phenoxy) is 2. The predicted molar refractivity (Wildman–Crippen MR) is 84.1 cm³/mol. The van der Waals surface area contributed by atoms with Crippen LogP contribution in [0.15, 0.2) is 48.8 Å². The third-order valence-corrected chi connectivity index (χ3v) is 3.32. The first-order valence-corrected chi connectivity index (χ1v) is 6.95. The van der Waals surface area contributed by atoms with Crippen molar-refractivity contribution in [3.63, 3.8) is 0 Å². The zero-order chi connectivity index (χ0) is 15.4. The summed E-state index contributed by atoms with van der Waals surface area (Å²) in [6.45, 7) is 0.169. The van der Waals surface area contributed by atoms with E-state index >= 15 is 0 Å². The molecule has 0 amide bonds. The van der Waals surface area contributed by atoms with Crippen molar-refractivity contribution in [1.29, 1.82) is 0 Å². The summed E-state index contributed by atoms with van der Waals surface area (Å²) in [6, 6.07) is 11.4. The highest BCUT2D eigenvalue weighted by Gasteiger charge is 2.10. The van der Waals surface area contributed by atoms with Gasteiger partial charge in [-0.05, 0) is 35.9 Å². The van der Waals surface area contributed by atoms with Crippen molar-refractivity contribution >= 4 is 11.0 Å². The maximum atomic E-state index is 8.93. The van der Waals surface area contributed by atoms with E-state index in [2.05, 4.69) is 9.97 Å². The molecule has 0 radical (unpaired) electrons. The number of nitrogens with zero attached hydrogens (tertiary/aromatic N) is 2. The molecule has 5 heteroatoms. The molecule has 112 valence electrons. The van der Waals surface area contributed by atoms with Crippen molar-refractivity contribution in [2.45, 2.75) is 0 Å². The Bertz CT molecular complexity index is 784. The summed E-state index contributed by atoms with van der Waals surface area (Å²) in [6.07, 6.45) is 3.51. The number of aliphatic hydroxyl groups is 1. The van der Waals surface area contributed by atoms with Crippen LogP contribution in [-0.2, 0) is 0 Å². The maximum absolute atomic E-state index is 8.93. The molecule has 0 atom stereocenters. The predicted octanol–water partition coefficient (Wildman–Crippen LogP) is 2.68.